The van der Waals surface area contributed by atoms with Crippen LogP contribution in [0.4, 0.5) is 0 Å². The van der Waals surface area contributed by atoms with Crippen LogP contribution >= 0.6 is 0 Å². The van der Waals surface area contributed by atoms with Crippen molar-refractivity contribution in [2.45, 2.75) is 19.4 Å². The van der Waals surface area contributed by atoms with Crippen molar-refractivity contribution < 1.29 is 19.1 Å². The number of amides is 1. The number of carbonyl (C=O) groups is 2. The molecule has 3 aromatic carbocycles. The first-order valence-corrected chi connectivity index (χ1v) is 9.84. The maximum atomic E-state index is 12.4. The van der Waals surface area contributed by atoms with Crippen LogP contribution in [-0.2, 0) is 11.2 Å². The van der Waals surface area contributed by atoms with E-state index in [1.807, 2.05) is 42.5 Å². The van der Waals surface area contributed by atoms with Crippen molar-refractivity contribution in [1.82, 2.24) is 5.32 Å². The molecule has 30 heavy (non-hydrogen) atoms. The number of methoxy groups -OCH3 is 1. The van der Waals surface area contributed by atoms with E-state index in [1.165, 1.54) is 0 Å². The number of rotatable bonds is 9. The molecule has 5 heteroatoms. The zero-order valence-electron chi connectivity index (χ0n) is 17.1. The molecular weight excluding hydrogens is 378 g/mol. The molecule has 5 nitrogen and oxygen atoms in total. The molecule has 1 atom stereocenters. The van der Waals surface area contributed by atoms with Gasteiger partial charge in [0.15, 0.2) is 11.9 Å². The Labute approximate surface area is 176 Å². The van der Waals surface area contributed by atoms with Crippen molar-refractivity contribution in [3.63, 3.8) is 0 Å². The second-order valence-corrected chi connectivity index (χ2v) is 6.87. The van der Waals surface area contributed by atoms with E-state index in [0.717, 1.165) is 17.7 Å². The van der Waals surface area contributed by atoms with E-state index in [-0.39, 0.29) is 11.7 Å². The van der Waals surface area contributed by atoms with Crippen molar-refractivity contribution in [2.75, 3.05) is 13.7 Å². The van der Waals surface area contributed by atoms with Gasteiger partial charge >= 0.3 is 0 Å². The topological polar surface area (TPSA) is 64.6 Å². The van der Waals surface area contributed by atoms with Gasteiger partial charge in [0.1, 0.15) is 11.5 Å². The molecule has 0 aliphatic carbocycles. The van der Waals surface area contributed by atoms with Gasteiger partial charge in [-0.1, -0.05) is 42.5 Å². The number of carbonyl (C=O) groups excluding carboxylic acids is 2. The van der Waals surface area contributed by atoms with Crippen molar-refractivity contribution in [2.24, 2.45) is 0 Å². The van der Waals surface area contributed by atoms with Gasteiger partial charge in [0, 0.05) is 17.7 Å². The monoisotopic (exact) mass is 403 g/mol. The van der Waals surface area contributed by atoms with E-state index in [9.17, 15) is 9.59 Å². The van der Waals surface area contributed by atoms with E-state index >= 15 is 0 Å². The molecule has 0 aromatic heterocycles. The molecule has 0 fully saturated rings. The first-order chi connectivity index (χ1) is 14.6. The fourth-order valence-electron chi connectivity index (χ4n) is 2.96. The molecule has 3 rings (SSSR count). The van der Waals surface area contributed by atoms with Gasteiger partial charge in [0.05, 0.1) is 7.11 Å². The van der Waals surface area contributed by atoms with Crippen molar-refractivity contribution in [1.29, 1.82) is 0 Å². The normalized spacial score (nSPS) is 11.4. The Kier molecular flexibility index (Phi) is 7.22. The van der Waals surface area contributed by atoms with Crippen LogP contribution < -0.4 is 14.8 Å². The Balaban J connectivity index is 1.48. The highest BCUT2D eigenvalue weighted by Crippen LogP contribution is 2.17. The summed E-state index contributed by atoms with van der Waals surface area (Å²) in [5, 5.41) is 2.88. The Morgan fingerprint density at radius 2 is 1.43 bits per heavy atom. The number of nitrogens with one attached hydrogen (secondary N) is 1. The Morgan fingerprint density at radius 1 is 0.833 bits per heavy atom. The third-order valence-corrected chi connectivity index (χ3v) is 4.71. The zero-order chi connectivity index (χ0) is 21.3. The number of ether oxygens (including phenoxy) is 2. The van der Waals surface area contributed by atoms with Crippen LogP contribution in [0.3, 0.4) is 0 Å². The van der Waals surface area contributed by atoms with E-state index in [2.05, 4.69) is 5.32 Å². The molecule has 0 bridgehead atoms. The van der Waals surface area contributed by atoms with Gasteiger partial charge in [-0.15, -0.1) is 0 Å². The molecule has 0 radical (unpaired) electrons. The summed E-state index contributed by atoms with van der Waals surface area (Å²) in [6.45, 7) is 2.22. The van der Waals surface area contributed by atoms with Crippen molar-refractivity contribution >= 4 is 11.7 Å². The van der Waals surface area contributed by atoms with Crippen LogP contribution in [-0.4, -0.2) is 31.4 Å². The van der Waals surface area contributed by atoms with Gasteiger partial charge in [-0.2, -0.15) is 0 Å². The third kappa shape index (κ3) is 5.70. The van der Waals surface area contributed by atoms with Crippen LogP contribution in [0, 0.1) is 0 Å². The summed E-state index contributed by atoms with van der Waals surface area (Å²) in [6.07, 6.45) is 0.0789. The van der Waals surface area contributed by atoms with Crippen LogP contribution in [0.1, 0.15) is 28.4 Å². The molecule has 0 aliphatic heterocycles. The number of ketones is 1. The van der Waals surface area contributed by atoms with Gasteiger partial charge in [0.25, 0.3) is 5.91 Å². The first-order valence-electron chi connectivity index (χ1n) is 9.84. The lowest BCUT2D eigenvalue weighted by Crippen LogP contribution is -2.37. The number of benzene rings is 3. The summed E-state index contributed by atoms with van der Waals surface area (Å²) in [5.74, 6) is 1.11. The third-order valence-electron chi connectivity index (χ3n) is 4.71. The molecule has 0 saturated carbocycles. The van der Waals surface area contributed by atoms with Gasteiger partial charge in [0.2, 0.25) is 0 Å². The summed E-state index contributed by atoms with van der Waals surface area (Å²) >= 11 is 0. The fourth-order valence-corrected chi connectivity index (χ4v) is 2.96. The number of hydrogen-bond donors (Lipinski definition) is 1. The lowest BCUT2D eigenvalue weighted by Gasteiger charge is -2.15. The minimum atomic E-state index is -0.642. The van der Waals surface area contributed by atoms with Crippen LogP contribution in [0.2, 0.25) is 0 Å². The molecule has 0 saturated heterocycles. The molecule has 0 heterocycles. The lowest BCUT2D eigenvalue weighted by molar-refractivity contribution is -0.127. The second kappa shape index (κ2) is 10.3. The minimum Gasteiger partial charge on any atom is -0.497 e. The minimum absolute atomic E-state index is 0.0496. The molecule has 1 N–H and O–H groups in total. The highest BCUT2D eigenvalue weighted by atomic mass is 16.5. The largest absolute Gasteiger partial charge is 0.497 e. The predicted molar refractivity (Wildman–Crippen MR) is 116 cm³/mol. The average Bonchev–Trinajstić information content (AvgIpc) is 2.80. The molecule has 0 spiro atoms. The average molecular weight is 403 g/mol. The molecule has 1 amide bonds. The first kappa shape index (κ1) is 21.1. The summed E-state index contributed by atoms with van der Waals surface area (Å²) in [4.78, 5) is 24.7. The number of hydrogen-bond acceptors (Lipinski definition) is 4. The summed E-state index contributed by atoms with van der Waals surface area (Å²) in [7, 11) is 1.63. The van der Waals surface area contributed by atoms with Crippen LogP contribution in [0.5, 0.6) is 11.5 Å². The Hall–Kier alpha value is -3.60. The lowest BCUT2D eigenvalue weighted by atomic mass is 10.0. The molecular formula is C25H25NO4. The summed E-state index contributed by atoms with van der Waals surface area (Å²) < 4.78 is 10.8. The second-order valence-electron chi connectivity index (χ2n) is 6.87. The van der Waals surface area contributed by atoms with E-state index in [0.29, 0.717) is 23.4 Å². The van der Waals surface area contributed by atoms with Gasteiger partial charge < -0.3 is 14.8 Å². The highest BCUT2D eigenvalue weighted by Gasteiger charge is 2.15. The van der Waals surface area contributed by atoms with Crippen LogP contribution in [0.15, 0.2) is 78.9 Å². The van der Waals surface area contributed by atoms with E-state index in [4.69, 9.17) is 9.47 Å². The van der Waals surface area contributed by atoms with Crippen molar-refractivity contribution in [3.05, 3.63) is 95.6 Å². The van der Waals surface area contributed by atoms with E-state index < -0.39 is 6.10 Å². The Bertz CT molecular complexity index is 966. The smallest absolute Gasteiger partial charge is 0.260 e. The predicted octanol–water partition coefficient (Wildman–Crippen LogP) is 4.05. The highest BCUT2D eigenvalue weighted by molar-refractivity contribution is 6.08. The summed E-state index contributed by atoms with van der Waals surface area (Å²) in [6, 6.07) is 23.7. The van der Waals surface area contributed by atoms with Gasteiger partial charge in [-0.3, -0.25) is 9.59 Å². The zero-order valence-corrected chi connectivity index (χ0v) is 17.1. The van der Waals surface area contributed by atoms with Gasteiger partial charge in [-0.25, -0.2) is 0 Å². The summed E-state index contributed by atoms with van der Waals surface area (Å²) in [5.41, 5.74) is 2.32. The Morgan fingerprint density at radius 3 is 2.07 bits per heavy atom. The fraction of sp³-hybridized carbons (Fsp3) is 0.200. The molecule has 0 aliphatic rings. The van der Waals surface area contributed by atoms with Crippen molar-refractivity contribution in [3.8, 4) is 11.5 Å². The SMILES string of the molecule is COc1ccc(CCNC(=O)C(C)Oc2ccc(C(=O)c3ccccc3)cc2)cc1. The standard InChI is InChI=1S/C25H25NO4/c1-18(25(28)26-17-16-19-8-12-22(29-2)13-9-19)30-23-14-10-21(11-15-23)24(27)20-6-4-3-5-7-20/h3-15,18H,16-17H2,1-2H3,(H,26,28). The van der Waals surface area contributed by atoms with Crippen LogP contribution in [0.25, 0.3) is 0 Å². The van der Waals surface area contributed by atoms with E-state index in [1.54, 1.807) is 50.4 Å². The molecule has 1 unspecified atom stereocenters. The van der Waals surface area contributed by atoms with Gasteiger partial charge in [-0.05, 0) is 55.3 Å². The molecule has 154 valence electrons. The molecule has 3 aromatic rings. The maximum absolute atomic E-state index is 12.4. The maximum Gasteiger partial charge on any atom is 0.260 e. The quantitative estimate of drug-likeness (QED) is 0.548.